The maximum Gasteiger partial charge on any atom is 0.273 e. The molecule has 5 heteroatoms. The van der Waals surface area contributed by atoms with Crippen LogP contribution in [0.25, 0.3) is 0 Å². The number of nitrogens with zero attached hydrogens (tertiary/aromatic N) is 1. The van der Waals surface area contributed by atoms with Crippen LogP contribution in [0.3, 0.4) is 0 Å². The maximum absolute atomic E-state index is 12.5. The van der Waals surface area contributed by atoms with E-state index < -0.39 is 0 Å². The van der Waals surface area contributed by atoms with E-state index in [0.717, 1.165) is 30.4 Å². The Morgan fingerprint density at radius 1 is 1.25 bits per heavy atom. The Kier molecular flexibility index (Phi) is 3.31. The second-order valence-corrected chi connectivity index (χ2v) is 8.53. The van der Waals surface area contributed by atoms with Gasteiger partial charge in [0, 0.05) is 25.6 Å². The first-order chi connectivity index (χ1) is 11.7. The van der Waals surface area contributed by atoms with Crippen molar-refractivity contribution in [3.05, 3.63) is 17.5 Å². The molecule has 1 heterocycles. The summed E-state index contributed by atoms with van der Waals surface area (Å²) in [6, 6.07) is 1.81. The van der Waals surface area contributed by atoms with Gasteiger partial charge in [-0.3, -0.25) is 4.79 Å². The van der Waals surface area contributed by atoms with Gasteiger partial charge in [0.2, 0.25) is 0 Å². The van der Waals surface area contributed by atoms with Crippen molar-refractivity contribution in [1.82, 2.24) is 10.5 Å². The van der Waals surface area contributed by atoms with Gasteiger partial charge in [-0.2, -0.15) is 0 Å². The third-order valence-electron chi connectivity index (χ3n) is 7.17. The molecular weight excluding hydrogens is 304 g/mol. The SMILES string of the molecule is COC1(CNC(=O)c2cc(C3CC3)on2)C2CC3CC(C2)CC1C3. The Balaban J connectivity index is 1.29. The topological polar surface area (TPSA) is 64.4 Å². The molecule has 130 valence electrons. The molecule has 24 heavy (non-hydrogen) atoms. The molecule has 0 aliphatic heterocycles. The van der Waals surface area contributed by atoms with E-state index in [-0.39, 0.29) is 11.5 Å². The molecule has 0 unspecified atom stereocenters. The summed E-state index contributed by atoms with van der Waals surface area (Å²) in [6.07, 6.45) is 8.80. The van der Waals surface area contributed by atoms with Crippen molar-refractivity contribution in [3.8, 4) is 0 Å². The van der Waals surface area contributed by atoms with Crippen molar-refractivity contribution in [2.45, 2.75) is 56.5 Å². The van der Waals surface area contributed by atoms with Gasteiger partial charge in [0.25, 0.3) is 5.91 Å². The van der Waals surface area contributed by atoms with Crippen LogP contribution < -0.4 is 5.32 Å². The van der Waals surface area contributed by atoms with Crippen LogP contribution >= 0.6 is 0 Å². The Bertz CT molecular complexity index is 621. The standard InChI is InChI=1S/C19H26N2O3/c1-23-19(14-5-11-4-12(7-14)8-15(19)6-11)10-20-18(22)16-9-17(24-21-16)13-2-3-13/h9,11-15H,2-8,10H2,1H3,(H,20,22). The van der Waals surface area contributed by atoms with Gasteiger partial charge in [0.05, 0.1) is 5.60 Å². The lowest BCUT2D eigenvalue weighted by Gasteiger charge is -2.60. The normalized spacial score (nSPS) is 40.0. The lowest BCUT2D eigenvalue weighted by atomic mass is 9.49. The lowest BCUT2D eigenvalue weighted by Crippen LogP contribution is -2.63. The van der Waals surface area contributed by atoms with E-state index in [4.69, 9.17) is 9.26 Å². The van der Waals surface area contributed by atoms with E-state index >= 15 is 0 Å². The van der Waals surface area contributed by atoms with Crippen molar-refractivity contribution in [3.63, 3.8) is 0 Å². The summed E-state index contributed by atoms with van der Waals surface area (Å²) in [7, 11) is 1.83. The van der Waals surface area contributed by atoms with Gasteiger partial charge in [-0.25, -0.2) is 0 Å². The molecule has 0 atom stereocenters. The zero-order chi connectivity index (χ0) is 16.3. The minimum atomic E-state index is -0.174. The Morgan fingerprint density at radius 3 is 2.50 bits per heavy atom. The zero-order valence-electron chi connectivity index (χ0n) is 14.3. The van der Waals surface area contributed by atoms with Gasteiger partial charge < -0.3 is 14.6 Å². The van der Waals surface area contributed by atoms with E-state index in [1.165, 1.54) is 32.1 Å². The average molecular weight is 330 g/mol. The summed E-state index contributed by atoms with van der Waals surface area (Å²) in [5, 5.41) is 7.06. The summed E-state index contributed by atoms with van der Waals surface area (Å²) in [5.74, 6) is 4.18. The van der Waals surface area contributed by atoms with Crippen molar-refractivity contribution in [2.75, 3.05) is 13.7 Å². The number of aromatic nitrogens is 1. The molecule has 5 aliphatic carbocycles. The van der Waals surface area contributed by atoms with Gasteiger partial charge in [0.1, 0.15) is 5.76 Å². The van der Waals surface area contributed by atoms with Gasteiger partial charge >= 0.3 is 0 Å². The first-order valence-corrected chi connectivity index (χ1v) is 9.48. The third-order valence-corrected chi connectivity index (χ3v) is 7.17. The summed E-state index contributed by atoms with van der Waals surface area (Å²) < 4.78 is 11.4. The van der Waals surface area contributed by atoms with Gasteiger partial charge in [-0.1, -0.05) is 5.16 Å². The first kappa shape index (κ1) is 14.9. The highest BCUT2D eigenvalue weighted by Gasteiger charge is 2.57. The molecule has 4 bridgehead atoms. The molecule has 5 aliphatic rings. The highest BCUT2D eigenvalue weighted by atomic mass is 16.5. The van der Waals surface area contributed by atoms with E-state index in [1.54, 1.807) is 0 Å². The number of hydrogen-bond donors (Lipinski definition) is 1. The van der Waals surface area contributed by atoms with Crippen molar-refractivity contribution in [2.24, 2.45) is 23.7 Å². The number of carbonyl (C=O) groups is 1. The first-order valence-electron chi connectivity index (χ1n) is 9.48. The molecule has 1 aromatic rings. The fourth-order valence-electron chi connectivity index (χ4n) is 5.94. The van der Waals surface area contributed by atoms with Crippen LogP contribution in [-0.2, 0) is 4.74 Å². The van der Waals surface area contributed by atoms with Crippen molar-refractivity contribution < 1.29 is 14.1 Å². The van der Waals surface area contributed by atoms with Crippen LogP contribution in [0.15, 0.2) is 10.6 Å². The molecule has 1 aromatic heterocycles. The van der Waals surface area contributed by atoms with Crippen LogP contribution in [0, 0.1) is 23.7 Å². The predicted molar refractivity (Wildman–Crippen MR) is 87.6 cm³/mol. The van der Waals surface area contributed by atoms with Crippen molar-refractivity contribution in [1.29, 1.82) is 0 Å². The molecular formula is C19H26N2O3. The van der Waals surface area contributed by atoms with Crippen LogP contribution in [0.1, 0.15) is 67.1 Å². The summed E-state index contributed by atoms with van der Waals surface area (Å²) in [5.41, 5.74) is 0.235. The van der Waals surface area contributed by atoms with Crippen LogP contribution in [0.5, 0.6) is 0 Å². The number of carbonyl (C=O) groups excluding carboxylic acids is 1. The fraction of sp³-hybridized carbons (Fsp3) is 0.789. The highest BCUT2D eigenvalue weighted by Crippen LogP contribution is 2.59. The average Bonchev–Trinajstić information content (AvgIpc) is 3.31. The largest absolute Gasteiger partial charge is 0.376 e. The molecule has 1 amide bonds. The minimum Gasteiger partial charge on any atom is -0.376 e. The monoisotopic (exact) mass is 330 g/mol. The summed E-state index contributed by atoms with van der Waals surface area (Å²) >= 11 is 0. The van der Waals surface area contributed by atoms with E-state index in [2.05, 4.69) is 10.5 Å². The number of ether oxygens (including phenoxy) is 1. The number of nitrogens with one attached hydrogen (secondary N) is 1. The molecule has 5 fully saturated rings. The van der Waals surface area contributed by atoms with Gasteiger partial charge in [0.15, 0.2) is 5.69 Å². The van der Waals surface area contributed by atoms with Crippen LogP contribution in [0.4, 0.5) is 0 Å². The number of hydrogen-bond acceptors (Lipinski definition) is 4. The Labute approximate surface area is 142 Å². The third kappa shape index (κ3) is 2.24. The van der Waals surface area contributed by atoms with E-state index in [9.17, 15) is 4.79 Å². The van der Waals surface area contributed by atoms with Crippen LogP contribution in [0.2, 0.25) is 0 Å². The summed E-state index contributed by atoms with van der Waals surface area (Å²) in [6.45, 7) is 0.600. The number of rotatable bonds is 5. The number of amides is 1. The van der Waals surface area contributed by atoms with Crippen molar-refractivity contribution >= 4 is 5.91 Å². The quantitative estimate of drug-likeness (QED) is 0.901. The molecule has 0 saturated heterocycles. The molecule has 0 radical (unpaired) electrons. The predicted octanol–water partition coefficient (Wildman–Crippen LogP) is 3.12. The molecule has 1 N–H and O–H groups in total. The molecule has 0 spiro atoms. The maximum atomic E-state index is 12.5. The molecule has 5 nitrogen and oxygen atoms in total. The second-order valence-electron chi connectivity index (χ2n) is 8.53. The lowest BCUT2D eigenvalue weighted by molar-refractivity contribution is -0.186. The second kappa shape index (κ2) is 5.32. The minimum absolute atomic E-state index is 0.129. The Hall–Kier alpha value is -1.36. The molecule has 0 aromatic carbocycles. The highest BCUT2D eigenvalue weighted by molar-refractivity contribution is 5.92. The van der Waals surface area contributed by atoms with Crippen LogP contribution in [-0.4, -0.2) is 30.3 Å². The molecule has 6 rings (SSSR count). The molecule has 5 saturated carbocycles. The summed E-state index contributed by atoms with van der Waals surface area (Å²) in [4.78, 5) is 12.5. The fourth-order valence-corrected chi connectivity index (χ4v) is 5.94. The van der Waals surface area contributed by atoms with E-state index in [0.29, 0.717) is 30.0 Å². The number of methoxy groups -OCH3 is 1. The smallest absolute Gasteiger partial charge is 0.273 e. The van der Waals surface area contributed by atoms with E-state index in [1.807, 2.05) is 13.2 Å². The Morgan fingerprint density at radius 2 is 1.92 bits per heavy atom. The zero-order valence-corrected chi connectivity index (χ0v) is 14.3. The van der Waals surface area contributed by atoms with Gasteiger partial charge in [-0.05, 0) is 68.6 Å². The van der Waals surface area contributed by atoms with Gasteiger partial charge in [-0.15, -0.1) is 0 Å².